The fourth-order valence-corrected chi connectivity index (χ4v) is 2.72. The highest BCUT2D eigenvalue weighted by atomic mass is 15.2. The summed E-state index contributed by atoms with van der Waals surface area (Å²) in [4.78, 5) is 5.06. The van der Waals surface area contributed by atoms with Gasteiger partial charge in [-0.3, -0.25) is 4.90 Å². The van der Waals surface area contributed by atoms with E-state index >= 15 is 0 Å². The van der Waals surface area contributed by atoms with Crippen molar-refractivity contribution in [2.24, 2.45) is 0 Å². The number of nitrogens with zero attached hydrogens (tertiary/aromatic N) is 2. The van der Waals surface area contributed by atoms with Gasteiger partial charge in [-0.2, -0.15) is 0 Å². The number of nitrogens with one attached hydrogen (secondary N) is 1. The van der Waals surface area contributed by atoms with Crippen molar-refractivity contribution in [1.82, 2.24) is 15.1 Å². The van der Waals surface area contributed by atoms with Crippen LogP contribution in [0.25, 0.3) is 0 Å². The molecule has 0 spiro atoms. The summed E-state index contributed by atoms with van der Waals surface area (Å²) < 4.78 is 0. The maximum Gasteiger partial charge on any atom is 0.0232 e. The lowest BCUT2D eigenvalue weighted by molar-refractivity contribution is 0.115. The SMILES string of the molecule is CN(C)C1CCN([C@@H]2CCNC2)CC1. The fraction of sp³-hybridized carbons (Fsp3) is 1.00. The third-order valence-electron chi connectivity index (χ3n) is 3.78. The molecule has 2 aliphatic rings. The van der Waals surface area contributed by atoms with Crippen molar-refractivity contribution in [3.63, 3.8) is 0 Å². The molecule has 0 radical (unpaired) electrons. The minimum Gasteiger partial charge on any atom is -0.315 e. The second-order valence-corrected chi connectivity index (χ2v) is 4.88. The van der Waals surface area contributed by atoms with Crippen LogP contribution in [0.5, 0.6) is 0 Å². The Morgan fingerprint density at radius 1 is 1.14 bits per heavy atom. The lowest BCUT2D eigenvalue weighted by Gasteiger charge is -2.38. The summed E-state index contributed by atoms with van der Waals surface area (Å²) in [5.41, 5.74) is 0. The van der Waals surface area contributed by atoms with Crippen LogP contribution >= 0.6 is 0 Å². The number of hydrogen-bond donors (Lipinski definition) is 1. The summed E-state index contributed by atoms with van der Waals surface area (Å²) in [5, 5.41) is 3.45. The van der Waals surface area contributed by atoms with Gasteiger partial charge in [-0.15, -0.1) is 0 Å². The third kappa shape index (κ3) is 2.27. The zero-order chi connectivity index (χ0) is 9.97. The molecular weight excluding hydrogens is 174 g/mol. The minimum atomic E-state index is 0.820. The first-order valence-corrected chi connectivity index (χ1v) is 5.88. The molecule has 0 bridgehead atoms. The van der Waals surface area contributed by atoms with Gasteiger partial charge >= 0.3 is 0 Å². The molecule has 0 aromatic heterocycles. The van der Waals surface area contributed by atoms with Crippen molar-refractivity contribution in [2.45, 2.75) is 31.3 Å². The largest absolute Gasteiger partial charge is 0.315 e. The molecule has 0 amide bonds. The van der Waals surface area contributed by atoms with E-state index in [1.54, 1.807) is 0 Å². The highest BCUT2D eigenvalue weighted by molar-refractivity contribution is 4.85. The number of rotatable bonds is 2. The molecule has 0 aromatic rings. The number of likely N-dealkylation sites (tertiary alicyclic amines) is 1. The van der Waals surface area contributed by atoms with E-state index in [-0.39, 0.29) is 0 Å². The zero-order valence-corrected chi connectivity index (χ0v) is 9.50. The van der Waals surface area contributed by atoms with Crippen molar-refractivity contribution in [1.29, 1.82) is 0 Å². The lowest BCUT2D eigenvalue weighted by atomic mass is 10.0. The molecule has 14 heavy (non-hydrogen) atoms. The van der Waals surface area contributed by atoms with Gasteiger partial charge in [0.2, 0.25) is 0 Å². The zero-order valence-electron chi connectivity index (χ0n) is 9.50. The second-order valence-electron chi connectivity index (χ2n) is 4.88. The van der Waals surface area contributed by atoms with Crippen molar-refractivity contribution < 1.29 is 0 Å². The Morgan fingerprint density at radius 3 is 2.36 bits per heavy atom. The maximum absolute atomic E-state index is 3.45. The highest BCUT2D eigenvalue weighted by Gasteiger charge is 2.27. The average molecular weight is 197 g/mol. The molecule has 2 fully saturated rings. The van der Waals surface area contributed by atoms with Crippen LogP contribution < -0.4 is 5.32 Å². The molecule has 0 unspecified atom stereocenters. The smallest absolute Gasteiger partial charge is 0.0232 e. The Bertz CT molecular complexity index is 167. The van der Waals surface area contributed by atoms with E-state index in [1.807, 2.05) is 0 Å². The molecule has 2 saturated heterocycles. The Labute approximate surface area is 87.4 Å². The van der Waals surface area contributed by atoms with Gasteiger partial charge in [0.25, 0.3) is 0 Å². The molecule has 0 saturated carbocycles. The van der Waals surface area contributed by atoms with E-state index in [4.69, 9.17) is 0 Å². The Balaban J connectivity index is 1.77. The molecular formula is C11H23N3. The van der Waals surface area contributed by atoms with Gasteiger partial charge in [-0.25, -0.2) is 0 Å². The van der Waals surface area contributed by atoms with Crippen LogP contribution in [0.1, 0.15) is 19.3 Å². The van der Waals surface area contributed by atoms with E-state index in [0.29, 0.717) is 0 Å². The van der Waals surface area contributed by atoms with Crippen LogP contribution in [0.2, 0.25) is 0 Å². The van der Waals surface area contributed by atoms with Gasteiger partial charge in [0.1, 0.15) is 0 Å². The van der Waals surface area contributed by atoms with Crippen LogP contribution in [-0.2, 0) is 0 Å². The van der Waals surface area contributed by atoms with E-state index in [0.717, 1.165) is 12.1 Å². The molecule has 2 aliphatic heterocycles. The van der Waals surface area contributed by atoms with Crippen LogP contribution in [-0.4, -0.2) is 62.2 Å². The molecule has 2 heterocycles. The molecule has 0 aromatic carbocycles. The first-order valence-electron chi connectivity index (χ1n) is 5.88. The summed E-state index contributed by atoms with van der Waals surface area (Å²) in [6.07, 6.45) is 4.06. The van der Waals surface area contributed by atoms with Crippen LogP contribution in [0, 0.1) is 0 Å². The van der Waals surface area contributed by atoms with Gasteiger partial charge in [0, 0.05) is 18.6 Å². The second kappa shape index (κ2) is 4.60. The van der Waals surface area contributed by atoms with Crippen molar-refractivity contribution in [2.75, 3.05) is 40.3 Å². The molecule has 3 nitrogen and oxygen atoms in total. The number of piperidine rings is 1. The van der Waals surface area contributed by atoms with E-state index in [9.17, 15) is 0 Å². The van der Waals surface area contributed by atoms with Gasteiger partial charge in [-0.05, 0) is 53.0 Å². The average Bonchev–Trinajstić information content (AvgIpc) is 2.71. The normalized spacial score (nSPS) is 31.5. The summed E-state index contributed by atoms with van der Waals surface area (Å²) in [7, 11) is 4.41. The van der Waals surface area contributed by atoms with E-state index in [1.165, 1.54) is 45.4 Å². The Morgan fingerprint density at radius 2 is 1.86 bits per heavy atom. The molecule has 2 rings (SSSR count). The maximum atomic E-state index is 3.45. The predicted octanol–water partition coefficient (Wildman–Crippen LogP) is 0.374. The summed E-state index contributed by atoms with van der Waals surface area (Å²) in [6, 6.07) is 1.65. The first-order chi connectivity index (χ1) is 6.77. The topological polar surface area (TPSA) is 18.5 Å². The lowest BCUT2D eigenvalue weighted by Crippen LogP contribution is -2.46. The van der Waals surface area contributed by atoms with Crippen molar-refractivity contribution >= 4 is 0 Å². The first kappa shape index (κ1) is 10.4. The standard InChI is InChI=1S/C11H23N3/c1-13(2)10-4-7-14(8-5-10)11-3-6-12-9-11/h10-12H,3-9H2,1-2H3/t11-/m1/s1. The third-order valence-corrected chi connectivity index (χ3v) is 3.78. The van der Waals surface area contributed by atoms with Gasteiger partial charge in [0.15, 0.2) is 0 Å². The predicted molar refractivity (Wildman–Crippen MR) is 59.6 cm³/mol. The van der Waals surface area contributed by atoms with Crippen LogP contribution in [0.4, 0.5) is 0 Å². The van der Waals surface area contributed by atoms with Crippen molar-refractivity contribution in [3.8, 4) is 0 Å². The van der Waals surface area contributed by atoms with Gasteiger partial charge < -0.3 is 10.2 Å². The quantitative estimate of drug-likeness (QED) is 0.690. The summed E-state index contributed by atoms with van der Waals surface area (Å²) >= 11 is 0. The molecule has 1 N–H and O–H groups in total. The van der Waals surface area contributed by atoms with Crippen LogP contribution in [0.15, 0.2) is 0 Å². The molecule has 3 heteroatoms. The minimum absolute atomic E-state index is 0.820. The number of hydrogen-bond acceptors (Lipinski definition) is 3. The van der Waals surface area contributed by atoms with E-state index in [2.05, 4.69) is 29.2 Å². The highest BCUT2D eigenvalue weighted by Crippen LogP contribution is 2.18. The monoisotopic (exact) mass is 197 g/mol. The van der Waals surface area contributed by atoms with Gasteiger partial charge in [0.05, 0.1) is 0 Å². The molecule has 0 aliphatic carbocycles. The molecule has 1 atom stereocenters. The Hall–Kier alpha value is -0.120. The van der Waals surface area contributed by atoms with Crippen LogP contribution in [0.3, 0.4) is 0 Å². The summed E-state index contributed by atoms with van der Waals surface area (Å²) in [5.74, 6) is 0. The van der Waals surface area contributed by atoms with Crippen molar-refractivity contribution in [3.05, 3.63) is 0 Å². The summed E-state index contributed by atoms with van der Waals surface area (Å²) in [6.45, 7) is 5.04. The van der Waals surface area contributed by atoms with E-state index < -0.39 is 0 Å². The molecule has 82 valence electrons. The fourth-order valence-electron chi connectivity index (χ4n) is 2.72. The Kier molecular flexibility index (Phi) is 3.42. The van der Waals surface area contributed by atoms with Gasteiger partial charge in [-0.1, -0.05) is 0 Å².